The van der Waals surface area contributed by atoms with Crippen LogP contribution in [0.3, 0.4) is 0 Å². The van der Waals surface area contributed by atoms with E-state index in [9.17, 15) is 0 Å². The minimum Gasteiger partial charge on any atom is -0.494 e. The first-order valence-electron chi connectivity index (χ1n) is 4.79. The van der Waals surface area contributed by atoms with Gasteiger partial charge in [-0.25, -0.2) is 0 Å². The van der Waals surface area contributed by atoms with Gasteiger partial charge < -0.3 is 4.74 Å². The Kier molecular flexibility index (Phi) is 6.03. The van der Waals surface area contributed by atoms with Crippen molar-refractivity contribution in [2.24, 2.45) is 5.92 Å². The average Bonchev–Trinajstić information content (AvgIpc) is 2.05. The van der Waals surface area contributed by atoms with E-state index in [2.05, 4.69) is 26.5 Å². The van der Waals surface area contributed by atoms with Crippen LogP contribution in [0, 0.1) is 5.92 Å². The van der Waals surface area contributed by atoms with Crippen molar-refractivity contribution in [3.8, 4) is 0 Å². The zero-order valence-corrected chi connectivity index (χ0v) is 9.13. The van der Waals surface area contributed by atoms with Crippen LogP contribution in [0.15, 0.2) is 36.1 Å². The molecular weight excluding hydrogens is 160 g/mol. The van der Waals surface area contributed by atoms with Crippen molar-refractivity contribution < 1.29 is 4.74 Å². The zero-order chi connectivity index (χ0) is 10.3. The second-order valence-electron chi connectivity index (χ2n) is 3.10. The third-order valence-corrected chi connectivity index (χ3v) is 1.79. The second kappa shape index (κ2) is 6.53. The summed E-state index contributed by atoms with van der Waals surface area (Å²) in [7, 11) is 0. The van der Waals surface area contributed by atoms with E-state index < -0.39 is 0 Å². The summed E-state index contributed by atoms with van der Waals surface area (Å²) >= 11 is 0. The maximum absolute atomic E-state index is 5.52. The maximum Gasteiger partial charge on any atom is 0.122 e. The molecule has 0 rings (SSSR count). The molecule has 0 atom stereocenters. The predicted octanol–water partition coefficient (Wildman–Crippen LogP) is 3.70. The molecule has 1 heteroatoms. The quantitative estimate of drug-likeness (QED) is 0.463. The molecule has 0 aromatic heterocycles. The van der Waals surface area contributed by atoms with Crippen LogP contribution < -0.4 is 0 Å². The van der Waals surface area contributed by atoms with Crippen molar-refractivity contribution >= 4 is 0 Å². The number of allylic oxidation sites excluding steroid dienone is 4. The van der Waals surface area contributed by atoms with E-state index in [0.717, 1.165) is 5.76 Å². The molecule has 1 nitrogen and oxygen atoms in total. The molecule has 0 aromatic rings. The van der Waals surface area contributed by atoms with Gasteiger partial charge in [-0.2, -0.15) is 0 Å². The fourth-order valence-electron chi connectivity index (χ4n) is 1.25. The Morgan fingerprint density at radius 1 is 1.46 bits per heavy atom. The summed E-state index contributed by atoms with van der Waals surface area (Å²) in [5.74, 6) is 1.43. The maximum atomic E-state index is 5.52. The first kappa shape index (κ1) is 12.0. The Hall–Kier alpha value is -0.980. The zero-order valence-electron chi connectivity index (χ0n) is 9.13. The lowest BCUT2D eigenvalue weighted by Gasteiger charge is -2.15. The van der Waals surface area contributed by atoms with Crippen LogP contribution in [-0.4, -0.2) is 6.61 Å². The molecule has 13 heavy (non-hydrogen) atoms. The molecule has 0 N–H and O–H groups in total. The third-order valence-electron chi connectivity index (χ3n) is 1.79. The molecule has 0 aliphatic carbocycles. The number of hydrogen-bond donors (Lipinski definition) is 0. The van der Waals surface area contributed by atoms with Crippen LogP contribution in [0.25, 0.3) is 0 Å². The Labute approximate surface area is 81.8 Å². The minimum atomic E-state index is 0.489. The molecule has 0 spiro atoms. The summed E-state index contributed by atoms with van der Waals surface area (Å²) < 4.78 is 5.52. The van der Waals surface area contributed by atoms with E-state index in [-0.39, 0.29) is 0 Å². The Bertz CT molecular complexity index is 209. The lowest BCUT2D eigenvalue weighted by Crippen LogP contribution is -2.01. The van der Waals surface area contributed by atoms with Crippen LogP contribution >= 0.6 is 0 Å². The van der Waals surface area contributed by atoms with Gasteiger partial charge >= 0.3 is 0 Å². The monoisotopic (exact) mass is 180 g/mol. The van der Waals surface area contributed by atoms with E-state index in [4.69, 9.17) is 4.74 Å². The van der Waals surface area contributed by atoms with Gasteiger partial charge in [-0.3, -0.25) is 0 Å². The second-order valence-corrected chi connectivity index (χ2v) is 3.10. The van der Waals surface area contributed by atoms with Gasteiger partial charge in [-0.05, 0) is 31.4 Å². The number of rotatable bonds is 5. The van der Waals surface area contributed by atoms with Crippen LogP contribution in [0.1, 0.15) is 27.7 Å². The molecule has 0 saturated heterocycles. The first-order valence-corrected chi connectivity index (χ1v) is 4.79. The lowest BCUT2D eigenvalue weighted by molar-refractivity contribution is 0.233. The molecule has 0 heterocycles. The number of ether oxygens (including phenoxy) is 1. The fourth-order valence-corrected chi connectivity index (χ4v) is 1.25. The van der Waals surface area contributed by atoms with Gasteiger partial charge in [0.2, 0.25) is 0 Å². The molecule has 0 bridgehead atoms. The highest BCUT2D eigenvalue weighted by atomic mass is 16.5. The van der Waals surface area contributed by atoms with Crippen LogP contribution in [0.2, 0.25) is 0 Å². The predicted molar refractivity (Wildman–Crippen MR) is 58.5 cm³/mol. The third kappa shape index (κ3) is 3.97. The van der Waals surface area contributed by atoms with E-state index in [1.807, 2.05) is 19.9 Å². The minimum absolute atomic E-state index is 0.489. The average molecular weight is 180 g/mol. The smallest absolute Gasteiger partial charge is 0.122 e. The normalized spacial score (nSPS) is 13.3. The van der Waals surface area contributed by atoms with E-state index in [1.165, 1.54) is 5.57 Å². The molecule has 0 aromatic carbocycles. The van der Waals surface area contributed by atoms with Crippen molar-refractivity contribution in [2.75, 3.05) is 6.61 Å². The topological polar surface area (TPSA) is 9.23 Å². The molecule has 0 amide bonds. The van der Waals surface area contributed by atoms with Crippen LogP contribution in [0.5, 0.6) is 0 Å². The van der Waals surface area contributed by atoms with Crippen molar-refractivity contribution in [3.05, 3.63) is 36.1 Å². The molecular formula is C12H20O. The Morgan fingerprint density at radius 3 is 2.38 bits per heavy atom. The first-order chi connectivity index (χ1) is 6.17. The Morgan fingerprint density at radius 2 is 2.08 bits per heavy atom. The highest BCUT2D eigenvalue weighted by Crippen LogP contribution is 2.20. The van der Waals surface area contributed by atoms with Gasteiger partial charge in [0.05, 0.1) is 6.61 Å². The summed E-state index contributed by atoms with van der Waals surface area (Å²) in [4.78, 5) is 0. The lowest BCUT2D eigenvalue weighted by atomic mass is 10.0. The summed E-state index contributed by atoms with van der Waals surface area (Å²) in [6.07, 6.45) is 5.77. The SMILES string of the molecule is C=C/C=C(OCC)\C(=C/C)C(C)C. The summed E-state index contributed by atoms with van der Waals surface area (Å²) in [5, 5.41) is 0. The largest absolute Gasteiger partial charge is 0.494 e. The molecule has 0 saturated carbocycles. The highest BCUT2D eigenvalue weighted by molar-refractivity contribution is 5.29. The van der Waals surface area contributed by atoms with Crippen LogP contribution in [0.4, 0.5) is 0 Å². The fraction of sp³-hybridized carbons (Fsp3) is 0.500. The van der Waals surface area contributed by atoms with Gasteiger partial charge in [-0.15, -0.1) is 0 Å². The summed E-state index contributed by atoms with van der Waals surface area (Å²) in [6.45, 7) is 12.7. The van der Waals surface area contributed by atoms with Crippen molar-refractivity contribution in [3.63, 3.8) is 0 Å². The standard InChI is InChI=1S/C12H20O/c1-6-9-12(13-8-3)11(7-2)10(4)5/h6-7,9-10H,1,8H2,2-5H3/b11-7-,12-9+. The van der Waals surface area contributed by atoms with Crippen LogP contribution in [-0.2, 0) is 4.74 Å². The highest BCUT2D eigenvalue weighted by Gasteiger charge is 2.08. The molecule has 0 unspecified atom stereocenters. The van der Waals surface area contributed by atoms with Gasteiger partial charge in [0.25, 0.3) is 0 Å². The van der Waals surface area contributed by atoms with E-state index >= 15 is 0 Å². The van der Waals surface area contributed by atoms with E-state index in [1.54, 1.807) is 6.08 Å². The van der Waals surface area contributed by atoms with Gasteiger partial charge in [0.1, 0.15) is 5.76 Å². The van der Waals surface area contributed by atoms with Gasteiger partial charge in [0, 0.05) is 0 Å². The van der Waals surface area contributed by atoms with Gasteiger partial charge in [-0.1, -0.05) is 32.6 Å². The molecule has 0 aliphatic rings. The Balaban J connectivity index is 4.70. The van der Waals surface area contributed by atoms with Crippen molar-refractivity contribution in [1.29, 1.82) is 0 Å². The van der Waals surface area contributed by atoms with Crippen molar-refractivity contribution in [1.82, 2.24) is 0 Å². The summed E-state index contributed by atoms with van der Waals surface area (Å²) in [6, 6.07) is 0. The molecule has 0 fully saturated rings. The van der Waals surface area contributed by atoms with Gasteiger partial charge in [0.15, 0.2) is 0 Å². The van der Waals surface area contributed by atoms with Crippen molar-refractivity contribution in [2.45, 2.75) is 27.7 Å². The molecule has 74 valence electrons. The molecule has 0 radical (unpaired) electrons. The number of hydrogen-bond acceptors (Lipinski definition) is 1. The molecule has 0 aliphatic heterocycles. The van der Waals surface area contributed by atoms with E-state index in [0.29, 0.717) is 12.5 Å². The summed E-state index contributed by atoms with van der Waals surface area (Å²) in [5.41, 5.74) is 1.24.